The van der Waals surface area contributed by atoms with Gasteiger partial charge in [0.05, 0.1) is 26.4 Å². The van der Waals surface area contributed by atoms with E-state index < -0.39 is 36.6 Å². The lowest BCUT2D eigenvalue weighted by molar-refractivity contribution is -0.269. The minimum atomic E-state index is -1.14. The average molecular weight is 491 g/mol. The number of ether oxygens (including phenoxy) is 4. The zero-order valence-corrected chi connectivity index (χ0v) is 20.3. The van der Waals surface area contributed by atoms with Crippen LogP contribution in [0, 0.1) is 0 Å². The van der Waals surface area contributed by atoms with Crippen LogP contribution >= 0.6 is 0 Å². The van der Waals surface area contributed by atoms with Gasteiger partial charge in [0.15, 0.2) is 0 Å². The molecule has 2 unspecified atom stereocenters. The molecule has 0 bridgehead atoms. The van der Waals surface area contributed by atoms with Crippen LogP contribution in [0.5, 0.6) is 0 Å². The zero-order chi connectivity index (χ0) is 25.2. The number of rotatable bonds is 12. The van der Waals surface area contributed by atoms with Gasteiger partial charge in [-0.15, -0.1) is 6.58 Å². The summed E-state index contributed by atoms with van der Waals surface area (Å²) in [7, 11) is 0. The van der Waals surface area contributed by atoms with Gasteiger partial charge in [-0.25, -0.2) is 0 Å². The maximum absolute atomic E-state index is 11.4. The summed E-state index contributed by atoms with van der Waals surface area (Å²) in [6.07, 6.45) is -3.92. The van der Waals surface area contributed by atoms with Gasteiger partial charge in [-0.3, -0.25) is 0 Å². The highest BCUT2D eigenvalue weighted by Crippen LogP contribution is 2.32. The summed E-state index contributed by atoms with van der Waals surface area (Å²) < 4.78 is 24.6. The van der Waals surface area contributed by atoms with Crippen molar-refractivity contribution in [2.75, 3.05) is 6.61 Å². The number of aliphatic hydroxyl groups is 2. The second-order valence-corrected chi connectivity index (χ2v) is 8.85. The summed E-state index contributed by atoms with van der Waals surface area (Å²) in [5.74, 6) is 0. The molecule has 0 saturated heterocycles. The predicted molar refractivity (Wildman–Crippen MR) is 137 cm³/mol. The maximum atomic E-state index is 11.4. The number of hydrogen-bond donors (Lipinski definition) is 2. The van der Waals surface area contributed by atoms with Crippen LogP contribution in [0.2, 0.25) is 0 Å². The van der Waals surface area contributed by atoms with Crippen LogP contribution < -0.4 is 0 Å². The van der Waals surface area contributed by atoms with Gasteiger partial charge in [-0.2, -0.15) is 0 Å². The smallest absolute Gasteiger partial charge is 0.115 e. The first-order valence-electron chi connectivity index (χ1n) is 12.2. The standard InChI is InChI=1S/C30H34O6/c1-2-18-33-30-28(35-20-23-14-8-4-9-15-23)25(31)27(34-19-22-12-6-3-7-13-22)26(32)29(30)36-21-24-16-10-5-11-17-24/h2-17,25-32H,1,18-21H2/t25-,26+,27?,28-,29-,30?/m1/s1. The molecule has 6 nitrogen and oxygen atoms in total. The van der Waals surface area contributed by atoms with E-state index in [0.717, 1.165) is 16.7 Å². The number of hydrogen-bond acceptors (Lipinski definition) is 6. The minimum Gasteiger partial charge on any atom is -0.387 e. The quantitative estimate of drug-likeness (QED) is 0.373. The van der Waals surface area contributed by atoms with Gasteiger partial charge < -0.3 is 29.2 Å². The Morgan fingerprint density at radius 2 is 0.889 bits per heavy atom. The molecule has 3 aromatic rings. The van der Waals surface area contributed by atoms with E-state index in [4.69, 9.17) is 18.9 Å². The predicted octanol–water partition coefficient (Wildman–Crippen LogP) is 4.05. The topological polar surface area (TPSA) is 77.4 Å². The largest absolute Gasteiger partial charge is 0.387 e. The van der Waals surface area contributed by atoms with E-state index in [1.807, 2.05) is 91.0 Å². The SMILES string of the molecule is C=CCOC1[C@H](OCc2ccccc2)[C@H](O)C(OCc2ccccc2)[C@H](O)[C@H]1OCc1ccccc1. The van der Waals surface area contributed by atoms with Crippen LogP contribution in [0.25, 0.3) is 0 Å². The molecule has 0 aliphatic heterocycles. The molecule has 190 valence electrons. The third-order valence-corrected chi connectivity index (χ3v) is 6.26. The first kappa shape index (κ1) is 26.2. The highest BCUT2D eigenvalue weighted by molar-refractivity contribution is 5.16. The number of aliphatic hydroxyl groups excluding tert-OH is 2. The van der Waals surface area contributed by atoms with Gasteiger partial charge in [-0.1, -0.05) is 97.1 Å². The molecule has 3 aromatic carbocycles. The molecule has 36 heavy (non-hydrogen) atoms. The van der Waals surface area contributed by atoms with E-state index in [9.17, 15) is 10.2 Å². The molecule has 0 radical (unpaired) electrons. The Morgan fingerprint density at radius 1 is 0.528 bits per heavy atom. The second-order valence-electron chi connectivity index (χ2n) is 8.85. The molecule has 0 aromatic heterocycles. The Kier molecular flexibility index (Phi) is 9.81. The minimum absolute atomic E-state index is 0.218. The maximum Gasteiger partial charge on any atom is 0.115 e. The molecular weight excluding hydrogens is 456 g/mol. The van der Waals surface area contributed by atoms with Crippen LogP contribution in [-0.2, 0) is 38.8 Å². The first-order valence-corrected chi connectivity index (χ1v) is 12.2. The van der Waals surface area contributed by atoms with Crippen LogP contribution in [0.4, 0.5) is 0 Å². The third-order valence-electron chi connectivity index (χ3n) is 6.26. The van der Waals surface area contributed by atoms with Gasteiger partial charge in [0, 0.05) is 0 Å². The molecule has 4 rings (SSSR count). The Hall–Kier alpha value is -2.84. The molecule has 0 spiro atoms. The van der Waals surface area contributed by atoms with Crippen molar-refractivity contribution in [3.05, 3.63) is 120 Å². The van der Waals surface area contributed by atoms with E-state index >= 15 is 0 Å². The van der Waals surface area contributed by atoms with Gasteiger partial charge in [0.25, 0.3) is 0 Å². The Morgan fingerprint density at radius 3 is 1.25 bits per heavy atom. The van der Waals surface area contributed by atoms with E-state index in [-0.39, 0.29) is 26.4 Å². The van der Waals surface area contributed by atoms with E-state index in [0.29, 0.717) is 0 Å². The molecule has 1 saturated carbocycles. The summed E-state index contributed by atoms with van der Waals surface area (Å²) in [6.45, 7) is 4.73. The van der Waals surface area contributed by atoms with Crippen molar-refractivity contribution in [3.63, 3.8) is 0 Å². The van der Waals surface area contributed by atoms with Crippen molar-refractivity contribution < 1.29 is 29.2 Å². The molecule has 1 fully saturated rings. The van der Waals surface area contributed by atoms with Crippen molar-refractivity contribution >= 4 is 0 Å². The fourth-order valence-electron chi connectivity index (χ4n) is 4.40. The van der Waals surface area contributed by atoms with Crippen LogP contribution in [-0.4, -0.2) is 53.4 Å². The zero-order valence-electron chi connectivity index (χ0n) is 20.3. The lowest BCUT2D eigenvalue weighted by atomic mass is 9.84. The highest BCUT2D eigenvalue weighted by atomic mass is 16.6. The lowest BCUT2D eigenvalue weighted by Gasteiger charge is -2.46. The molecule has 1 aliphatic rings. The molecular formula is C30H34O6. The molecule has 2 N–H and O–H groups in total. The summed E-state index contributed by atoms with van der Waals surface area (Å²) in [4.78, 5) is 0. The van der Waals surface area contributed by atoms with Crippen molar-refractivity contribution in [3.8, 4) is 0 Å². The Bertz CT molecular complexity index is 972. The molecule has 1 aliphatic carbocycles. The van der Waals surface area contributed by atoms with Gasteiger partial charge in [0.1, 0.15) is 36.6 Å². The van der Waals surface area contributed by atoms with Crippen LogP contribution in [0.3, 0.4) is 0 Å². The molecule has 0 amide bonds. The number of benzene rings is 3. The van der Waals surface area contributed by atoms with Gasteiger partial charge in [0.2, 0.25) is 0 Å². The molecule has 0 heterocycles. The van der Waals surface area contributed by atoms with Gasteiger partial charge >= 0.3 is 0 Å². The first-order chi connectivity index (χ1) is 17.7. The van der Waals surface area contributed by atoms with Crippen molar-refractivity contribution in [2.45, 2.75) is 56.4 Å². The van der Waals surface area contributed by atoms with Crippen molar-refractivity contribution in [1.82, 2.24) is 0 Å². The van der Waals surface area contributed by atoms with E-state index in [2.05, 4.69) is 6.58 Å². The van der Waals surface area contributed by atoms with E-state index in [1.54, 1.807) is 6.08 Å². The summed E-state index contributed by atoms with van der Waals surface area (Å²) in [6, 6.07) is 29.1. The van der Waals surface area contributed by atoms with E-state index in [1.165, 1.54) is 0 Å². The fourth-order valence-corrected chi connectivity index (χ4v) is 4.40. The second kappa shape index (κ2) is 13.5. The van der Waals surface area contributed by atoms with Gasteiger partial charge in [-0.05, 0) is 16.7 Å². The fraction of sp³-hybridized carbons (Fsp3) is 0.333. The monoisotopic (exact) mass is 490 g/mol. The van der Waals surface area contributed by atoms with Crippen molar-refractivity contribution in [1.29, 1.82) is 0 Å². The normalized spacial score (nSPS) is 25.9. The van der Waals surface area contributed by atoms with Crippen LogP contribution in [0.1, 0.15) is 16.7 Å². The summed E-state index contributed by atoms with van der Waals surface area (Å²) in [5.41, 5.74) is 2.86. The summed E-state index contributed by atoms with van der Waals surface area (Å²) in [5, 5.41) is 22.7. The van der Waals surface area contributed by atoms with Crippen LogP contribution in [0.15, 0.2) is 104 Å². The molecule has 6 atom stereocenters. The molecule has 6 heteroatoms. The van der Waals surface area contributed by atoms with Crippen molar-refractivity contribution in [2.24, 2.45) is 0 Å². The Labute approximate surface area is 212 Å². The summed E-state index contributed by atoms with van der Waals surface area (Å²) >= 11 is 0. The lowest BCUT2D eigenvalue weighted by Crippen LogP contribution is -2.66. The average Bonchev–Trinajstić information content (AvgIpc) is 2.92. The highest BCUT2D eigenvalue weighted by Gasteiger charge is 2.52. The Balaban J connectivity index is 1.57. The third kappa shape index (κ3) is 6.89.